The molecule has 3 aromatic rings. The number of fused-ring (bicyclic) bond motifs is 1. The second-order valence-corrected chi connectivity index (χ2v) is 8.85. The van der Waals surface area contributed by atoms with Crippen LogP contribution < -0.4 is 16.0 Å². The van der Waals surface area contributed by atoms with E-state index in [-0.39, 0.29) is 0 Å². The van der Waals surface area contributed by atoms with Gasteiger partial charge >= 0.3 is 0 Å². The van der Waals surface area contributed by atoms with Gasteiger partial charge in [0.2, 0.25) is 0 Å². The fourth-order valence-electron chi connectivity index (χ4n) is 4.58. The number of anilines is 3. The Balaban J connectivity index is 1.70. The SMILES string of the molecule is C=C1c2c(C)cccc2C=C(CNc2ccnc(N)c2C(=N)C/C=C\C=C/C)N1c1ccccc1C. The number of nitrogen functional groups attached to an aromatic ring is 1. The van der Waals surface area contributed by atoms with E-state index in [4.69, 9.17) is 11.1 Å². The number of allylic oxidation sites excluding steroid dienone is 4. The van der Waals surface area contributed by atoms with E-state index in [0.29, 0.717) is 30.1 Å². The van der Waals surface area contributed by atoms with Crippen molar-refractivity contribution in [2.75, 3.05) is 22.5 Å². The highest BCUT2D eigenvalue weighted by Gasteiger charge is 2.26. The Bertz CT molecular complexity index is 1390. The molecule has 0 fully saturated rings. The van der Waals surface area contributed by atoms with Crippen LogP contribution in [-0.4, -0.2) is 17.2 Å². The van der Waals surface area contributed by atoms with Gasteiger partial charge in [-0.1, -0.05) is 67.3 Å². The Morgan fingerprint density at radius 3 is 2.64 bits per heavy atom. The fraction of sp³-hybridized carbons (Fsp3) is 0.161. The molecule has 0 atom stereocenters. The number of rotatable bonds is 8. The Kier molecular flexibility index (Phi) is 7.50. The zero-order valence-electron chi connectivity index (χ0n) is 21.2. The normalized spacial score (nSPS) is 13.2. The number of aryl methyl sites for hydroxylation is 2. The summed E-state index contributed by atoms with van der Waals surface area (Å²) in [6.45, 7) is 11.2. The number of benzene rings is 2. The summed E-state index contributed by atoms with van der Waals surface area (Å²) in [5, 5.41) is 12.2. The average Bonchev–Trinajstić information content (AvgIpc) is 2.86. The van der Waals surface area contributed by atoms with Gasteiger partial charge in [-0.25, -0.2) is 4.98 Å². The molecule has 0 amide bonds. The molecule has 2 aromatic carbocycles. The highest BCUT2D eigenvalue weighted by atomic mass is 15.2. The van der Waals surface area contributed by atoms with E-state index in [1.807, 2.05) is 37.3 Å². The lowest BCUT2D eigenvalue weighted by Gasteiger charge is -2.36. The van der Waals surface area contributed by atoms with E-state index in [9.17, 15) is 0 Å². The molecule has 4 N–H and O–H groups in total. The van der Waals surface area contributed by atoms with Gasteiger partial charge in [-0.15, -0.1) is 0 Å². The number of nitrogens with one attached hydrogen (secondary N) is 2. The first-order valence-electron chi connectivity index (χ1n) is 12.1. The molecule has 0 spiro atoms. The van der Waals surface area contributed by atoms with Crippen molar-refractivity contribution in [2.24, 2.45) is 0 Å². The maximum absolute atomic E-state index is 8.65. The van der Waals surface area contributed by atoms with Gasteiger partial charge in [0.1, 0.15) is 5.82 Å². The van der Waals surface area contributed by atoms with Gasteiger partial charge < -0.3 is 21.4 Å². The smallest absolute Gasteiger partial charge is 0.134 e. The summed E-state index contributed by atoms with van der Waals surface area (Å²) in [5.41, 5.74) is 15.9. The van der Waals surface area contributed by atoms with Crippen LogP contribution in [0.2, 0.25) is 0 Å². The van der Waals surface area contributed by atoms with Crippen molar-refractivity contribution in [1.29, 1.82) is 5.41 Å². The summed E-state index contributed by atoms with van der Waals surface area (Å²) in [7, 11) is 0. The van der Waals surface area contributed by atoms with Crippen LogP contribution in [0.3, 0.4) is 0 Å². The number of hydrogen-bond donors (Lipinski definition) is 3. The van der Waals surface area contributed by atoms with Crippen LogP contribution in [0.25, 0.3) is 11.8 Å². The van der Waals surface area contributed by atoms with Gasteiger partial charge in [0.25, 0.3) is 0 Å². The topological polar surface area (TPSA) is 78.0 Å². The van der Waals surface area contributed by atoms with Crippen LogP contribution in [0, 0.1) is 19.3 Å². The maximum atomic E-state index is 8.65. The Labute approximate surface area is 213 Å². The first-order valence-corrected chi connectivity index (χ1v) is 12.1. The number of aromatic nitrogens is 1. The van der Waals surface area contributed by atoms with E-state index in [0.717, 1.165) is 33.9 Å². The van der Waals surface area contributed by atoms with E-state index in [1.54, 1.807) is 6.20 Å². The first-order chi connectivity index (χ1) is 17.4. The van der Waals surface area contributed by atoms with Crippen molar-refractivity contribution < 1.29 is 0 Å². The molecule has 1 aliphatic heterocycles. The van der Waals surface area contributed by atoms with Gasteiger partial charge in [-0.05, 0) is 55.7 Å². The molecular weight excluding hydrogens is 442 g/mol. The maximum Gasteiger partial charge on any atom is 0.134 e. The predicted molar refractivity (Wildman–Crippen MR) is 154 cm³/mol. The van der Waals surface area contributed by atoms with Crippen LogP contribution >= 0.6 is 0 Å². The van der Waals surface area contributed by atoms with Crippen LogP contribution in [0.5, 0.6) is 0 Å². The number of para-hydroxylation sites is 1. The van der Waals surface area contributed by atoms with Gasteiger partial charge in [-0.2, -0.15) is 0 Å². The van der Waals surface area contributed by atoms with Crippen molar-refractivity contribution in [3.63, 3.8) is 0 Å². The highest BCUT2D eigenvalue weighted by Crippen LogP contribution is 2.39. The molecule has 5 nitrogen and oxygen atoms in total. The molecule has 0 bridgehead atoms. The van der Waals surface area contributed by atoms with Gasteiger partial charge in [0, 0.05) is 46.7 Å². The molecule has 1 aromatic heterocycles. The third kappa shape index (κ3) is 5.01. The Hall–Kier alpha value is -4.38. The lowest BCUT2D eigenvalue weighted by atomic mass is 9.93. The summed E-state index contributed by atoms with van der Waals surface area (Å²) in [6.07, 6.45) is 12.1. The van der Waals surface area contributed by atoms with Crippen molar-refractivity contribution in [1.82, 2.24) is 4.98 Å². The van der Waals surface area contributed by atoms with Crippen molar-refractivity contribution in [2.45, 2.75) is 27.2 Å². The number of nitrogens with zero attached hydrogens (tertiary/aromatic N) is 2. The monoisotopic (exact) mass is 475 g/mol. The molecule has 1 aliphatic rings. The Morgan fingerprint density at radius 2 is 1.86 bits per heavy atom. The second-order valence-electron chi connectivity index (χ2n) is 8.85. The van der Waals surface area contributed by atoms with E-state index in [2.05, 4.69) is 84.2 Å². The summed E-state index contributed by atoms with van der Waals surface area (Å²) >= 11 is 0. The van der Waals surface area contributed by atoms with Crippen molar-refractivity contribution in [3.8, 4) is 0 Å². The second kappa shape index (κ2) is 10.9. The number of hydrogen-bond acceptors (Lipinski definition) is 5. The minimum absolute atomic E-state index is 0.350. The third-order valence-corrected chi connectivity index (χ3v) is 6.33. The van der Waals surface area contributed by atoms with Crippen LogP contribution in [0.4, 0.5) is 17.2 Å². The molecular formula is C31H33N5. The quantitative estimate of drug-likeness (QED) is 0.239. The van der Waals surface area contributed by atoms with Crippen molar-refractivity contribution >= 4 is 34.7 Å². The largest absolute Gasteiger partial charge is 0.383 e. The van der Waals surface area contributed by atoms with Crippen LogP contribution in [-0.2, 0) is 0 Å². The van der Waals surface area contributed by atoms with E-state index in [1.165, 1.54) is 11.1 Å². The Morgan fingerprint density at radius 1 is 1.08 bits per heavy atom. The zero-order chi connectivity index (χ0) is 25.7. The molecule has 182 valence electrons. The lowest BCUT2D eigenvalue weighted by Crippen LogP contribution is -2.29. The molecule has 36 heavy (non-hydrogen) atoms. The first kappa shape index (κ1) is 24.7. The van der Waals surface area contributed by atoms with Crippen molar-refractivity contribution in [3.05, 3.63) is 119 Å². The lowest BCUT2D eigenvalue weighted by molar-refractivity contribution is 1.08. The van der Waals surface area contributed by atoms with Gasteiger partial charge in [-0.3, -0.25) is 0 Å². The average molecular weight is 476 g/mol. The van der Waals surface area contributed by atoms with Crippen LogP contribution in [0.1, 0.15) is 41.2 Å². The zero-order valence-corrected chi connectivity index (χ0v) is 21.2. The van der Waals surface area contributed by atoms with Gasteiger partial charge in [0.15, 0.2) is 0 Å². The number of nitrogens with two attached hydrogens (primary N) is 1. The molecule has 4 rings (SSSR count). The molecule has 0 radical (unpaired) electrons. The molecule has 0 saturated heterocycles. The standard InChI is InChI=1S/C31H33N5/c1-5-6-7-8-15-26(32)30-27(17-18-34-31(30)33)35-20-25-19-24-14-11-13-22(3)29(24)23(4)36(25)28-16-10-9-12-21(28)2/h5-14,16-19,32H,4,15,20H2,1-3H3,(H3,33,34,35)/b6-5-,8-7-,32-26?. The van der Waals surface area contributed by atoms with Gasteiger partial charge in [0.05, 0.1) is 12.1 Å². The summed E-state index contributed by atoms with van der Waals surface area (Å²) in [5.74, 6) is 0.350. The molecule has 2 heterocycles. The fourth-order valence-corrected chi connectivity index (χ4v) is 4.58. The molecule has 0 saturated carbocycles. The summed E-state index contributed by atoms with van der Waals surface area (Å²) < 4.78 is 0. The highest BCUT2D eigenvalue weighted by molar-refractivity contribution is 6.07. The van der Waals surface area contributed by atoms with E-state index >= 15 is 0 Å². The molecule has 0 aliphatic carbocycles. The molecule has 0 unspecified atom stereocenters. The number of pyridine rings is 1. The minimum atomic E-state index is 0.350. The third-order valence-electron chi connectivity index (χ3n) is 6.33. The summed E-state index contributed by atoms with van der Waals surface area (Å²) in [6, 6.07) is 16.6. The van der Waals surface area contributed by atoms with E-state index < -0.39 is 0 Å². The molecule has 5 heteroatoms. The van der Waals surface area contributed by atoms with Crippen LogP contribution in [0.15, 0.2) is 91.3 Å². The minimum Gasteiger partial charge on any atom is -0.383 e. The predicted octanol–water partition coefficient (Wildman–Crippen LogP) is 7.11. The summed E-state index contributed by atoms with van der Waals surface area (Å²) in [4.78, 5) is 6.47.